The fourth-order valence-electron chi connectivity index (χ4n) is 1.96. The highest BCUT2D eigenvalue weighted by Gasteiger charge is 2.08. The van der Waals surface area contributed by atoms with Gasteiger partial charge >= 0.3 is 0 Å². The summed E-state index contributed by atoms with van der Waals surface area (Å²) in [6.07, 6.45) is 0.840. The van der Waals surface area contributed by atoms with Crippen LogP contribution in [0.5, 0.6) is 0 Å². The van der Waals surface area contributed by atoms with Crippen LogP contribution in [0.2, 0.25) is 5.02 Å². The first-order valence-electron chi connectivity index (χ1n) is 6.16. The Morgan fingerprint density at radius 1 is 1.05 bits per heavy atom. The van der Waals surface area contributed by atoms with Gasteiger partial charge in [0, 0.05) is 26.9 Å². The number of thiazole rings is 1. The maximum atomic E-state index is 5.90. The lowest BCUT2D eigenvalue weighted by Gasteiger charge is -2.00. The van der Waals surface area contributed by atoms with Crippen LogP contribution in [0.3, 0.4) is 0 Å². The van der Waals surface area contributed by atoms with E-state index in [2.05, 4.69) is 27.4 Å². The van der Waals surface area contributed by atoms with E-state index in [0.29, 0.717) is 0 Å². The second-order valence-corrected chi connectivity index (χ2v) is 6.64. The van der Waals surface area contributed by atoms with Crippen molar-refractivity contribution in [1.82, 2.24) is 4.98 Å². The molecule has 1 aromatic heterocycles. The van der Waals surface area contributed by atoms with Crippen molar-refractivity contribution in [2.75, 3.05) is 0 Å². The van der Waals surface area contributed by atoms with Gasteiger partial charge in [0.05, 0.1) is 10.7 Å². The molecule has 0 bridgehead atoms. The standard InChI is InChI=1S/C16H11BrClNS/c17-14-4-2-1-3-13(14)15-10-20-16(19-15)9-11-5-7-12(18)8-6-11/h1-8,10H,9H2. The fourth-order valence-corrected chi connectivity index (χ4v) is 3.40. The van der Waals surface area contributed by atoms with Gasteiger partial charge in [0.15, 0.2) is 0 Å². The van der Waals surface area contributed by atoms with Crippen molar-refractivity contribution in [1.29, 1.82) is 0 Å². The number of aromatic nitrogens is 1. The molecule has 3 rings (SSSR count). The third kappa shape index (κ3) is 3.11. The molecule has 0 amide bonds. The molecule has 0 unspecified atom stereocenters. The van der Waals surface area contributed by atoms with Gasteiger partial charge in [-0.1, -0.05) is 57.9 Å². The molecule has 0 radical (unpaired) electrons. The largest absolute Gasteiger partial charge is 0.241 e. The van der Waals surface area contributed by atoms with Gasteiger partial charge in [0.1, 0.15) is 0 Å². The Hall–Kier alpha value is -1.16. The van der Waals surface area contributed by atoms with Crippen molar-refractivity contribution < 1.29 is 0 Å². The number of benzene rings is 2. The summed E-state index contributed by atoms with van der Waals surface area (Å²) in [5.74, 6) is 0. The van der Waals surface area contributed by atoms with Gasteiger partial charge in [-0.2, -0.15) is 0 Å². The minimum absolute atomic E-state index is 0.766. The zero-order chi connectivity index (χ0) is 13.9. The van der Waals surface area contributed by atoms with Crippen LogP contribution < -0.4 is 0 Å². The lowest BCUT2D eigenvalue weighted by molar-refractivity contribution is 1.14. The third-order valence-electron chi connectivity index (χ3n) is 2.97. The molecule has 4 heteroatoms. The van der Waals surface area contributed by atoms with E-state index >= 15 is 0 Å². The molecule has 0 N–H and O–H groups in total. The minimum Gasteiger partial charge on any atom is -0.241 e. The molecular formula is C16H11BrClNS. The van der Waals surface area contributed by atoms with Crippen LogP contribution in [0.15, 0.2) is 58.4 Å². The Kier molecular flexibility index (Phi) is 4.20. The smallest absolute Gasteiger partial charge is 0.0976 e. The monoisotopic (exact) mass is 363 g/mol. The first-order valence-corrected chi connectivity index (χ1v) is 8.21. The fraction of sp³-hybridized carbons (Fsp3) is 0.0625. The molecule has 0 aliphatic heterocycles. The molecule has 1 nitrogen and oxygen atoms in total. The van der Waals surface area contributed by atoms with Crippen molar-refractivity contribution in [2.45, 2.75) is 6.42 Å². The van der Waals surface area contributed by atoms with Crippen molar-refractivity contribution in [3.8, 4) is 11.3 Å². The van der Waals surface area contributed by atoms with Gasteiger partial charge in [-0.05, 0) is 23.8 Å². The molecule has 0 atom stereocenters. The maximum Gasteiger partial charge on any atom is 0.0976 e. The highest BCUT2D eigenvalue weighted by molar-refractivity contribution is 9.10. The van der Waals surface area contributed by atoms with E-state index in [4.69, 9.17) is 16.6 Å². The summed E-state index contributed by atoms with van der Waals surface area (Å²) in [5.41, 5.74) is 3.37. The molecule has 0 aliphatic carbocycles. The summed E-state index contributed by atoms with van der Waals surface area (Å²) in [7, 11) is 0. The van der Waals surface area contributed by atoms with E-state index < -0.39 is 0 Å². The zero-order valence-corrected chi connectivity index (χ0v) is 13.7. The third-order valence-corrected chi connectivity index (χ3v) is 4.76. The number of halogens is 2. The molecule has 0 fully saturated rings. The van der Waals surface area contributed by atoms with Crippen LogP contribution in [0.4, 0.5) is 0 Å². The highest BCUT2D eigenvalue weighted by Crippen LogP contribution is 2.29. The van der Waals surface area contributed by atoms with Gasteiger partial charge in [-0.3, -0.25) is 0 Å². The van der Waals surface area contributed by atoms with Crippen LogP contribution in [-0.4, -0.2) is 4.98 Å². The van der Waals surface area contributed by atoms with Gasteiger partial charge in [-0.15, -0.1) is 11.3 Å². The van der Waals surface area contributed by atoms with Gasteiger partial charge in [0.2, 0.25) is 0 Å². The molecule has 20 heavy (non-hydrogen) atoms. The first-order chi connectivity index (χ1) is 9.72. The van der Waals surface area contributed by atoms with E-state index in [9.17, 15) is 0 Å². The molecule has 1 heterocycles. The molecular weight excluding hydrogens is 354 g/mol. The van der Waals surface area contributed by atoms with E-state index in [1.807, 2.05) is 42.5 Å². The Morgan fingerprint density at radius 3 is 2.55 bits per heavy atom. The average molecular weight is 365 g/mol. The number of hydrogen-bond acceptors (Lipinski definition) is 2. The SMILES string of the molecule is Clc1ccc(Cc2nc(-c3ccccc3Br)cs2)cc1. The molecule has 0 saturated carbocycles. The predicted octanol–water partition coefficient (Wildman–Crippen LogP) is 5.82. The van der Waals surface area contributed by atoms with Crippen LogP contribution in [0.25, 0.3) is 11.3 Å². The van der Waals surface area contributed by atoms with Crippen molar-refractivity contribution in [3.05, 3.63) is 74.0 Å². The molecule has 100 valence electrons. The second kappa shape index (κ2) is 6.08. The van der Waals surface area contributed by atoms with Crippen molar-refractivity contribution in [3.63, 3.8) is 0 Å². The minimum atomic E-state index is 0.766. The van der Waals surface area contributed by atoms with Gasteiger partial charge in [-0.25, -0.2) is 4.98 Å². The van der Waals surface area contributed by atoms with Crippen LogP contribution in [0.1, 0.15) is 10.6 Å². The maximum absolute atomic E-state index is 5.90. The van der Waals surface area contributed by atoms with Crippen molar-refractivity contribution >= 4 is 38.9 Å². The second-order valence-electron chi connectivity index (χ2n) is 4.41. The van der Waals surface area contributed by atoms with Crippen LogP contribution in [0, 0.1) is 0 Å². The summed E-state index contributed by atoms with van der Waals surface area (Å²) in [4.78, 5) is 4.71. The lowest BCUT2D eigenvalue weighted by Crippen LogP contribution is -1.87. The summed E-state index contributed by atoms with van der Waals surface area (Å²) < 4.78 is 1.07. The molecule has 3 aromatic rings. The molecule has 0 aliphatic rings. The van der Waals surface area contributed by atoms with E-state index in [1.165, 1.54) is 5.56 Å². The summed E-state index contributed by atoms with van der Waals surface area (Å²) in [5, 5.41) is 3.98. The summed E-state index contributed by atoms with van der Waals surface area (Å²) >= 11 is 11.2. The average Bonchev–Trinajstić information content (AvgIpc) is 2.90. The Morgan fingerprint density at radius 2 is 1.80 bits per heavy atom. The van der Waals surface area contributed by atoms with E-state index in [0.717, 1.165) is 32.2 Å². The predicted molar refractivity (Wildman–Crippen MR) is 89.5 cm³/mol. The zero-order valence-electron chi connectivity index (χ0n) is 10.5. The quantitative estimate of drug-likeness (QED) is 0.571. The molecule has 0 spiro atoms. The number of rotatable bonds is 3. The highest BCUT2D eigenvalue weighted by atomic mass is 79.9. The topological polar surface area (TPSA) is 12.9 Å². The Labute approximate surface area is 135 Å². The van der Waals surface area contributed by atoms with Crippen LogP contribution >= 0.6 is 38.9 Å². The first kappa shape index (κ1) is 13.8. The van der Waals surface area contributed by atoms with Gasteiger partial charge < -0.3 is 0 Å². The molecule has 0 saturated heterocycles. The lowest BCUT2D eigenvalue weighted by atomic mass is 10.1. The Balaban J connectivity index is 1.84. The summed E-state index contributed by atoms with van der Waals surface area (Å²) in [6.45, 7) is 0. The Bertz CT molecular complexity index is 721. The van der Waals surface area contributed by atoms with E-state index in [1.54, 1.807) is 11.3 Å². The van der Waals surface area contributed by atoms with Crippen LogP contribution in [-0.2, 0) is 6.42 Å². The normalized spacial score (nSPS) is 10.7. The summed E-state index contributed by atoms with van der Waals surface area (Å²) in [6, 6.07) is 16.1. The number of nitrogens with zero attached hydrogens (tertiary/aromatic N) is 1. The number of hydrogen-bond donors (Lipinski definition) is 0. The molecule has 2 aromatic carbocycles. The van der Waals surface area contributed by atoms with Crippen molar-refractivity contribution in [2.24, 2.45) is 0 Å². The van der Waals surface area contributed by atoms with Gasteiger partial charge in [0.25, 0.3) is 0 Å². The van der Waals surface area contributed by atoms with E-state index in [-0.39, 0.29) is 0 Å².